The Balaban J connectivity index is 2.03. The first kappa shape index (κ1) is 22.2. The second-order valence-corrected chi connectivity index (χ2v) is 6.98. The number of unbranched alkanes of at least 4 members (excludes halogenated alkanes) is 1. The Labute approximate surface area is 181 Å². The summed E-state index contributed by atoms with van der Waals surface area (Å²) in [6.45, 7) is 4.41. The van der Waals surface area contributed by atoms with E-state index in [2.05, 4.69) is 22.9 Å². The molecular weight excluding hydrogens is 397 g/mol. The molecule has 0 saturated heterocycles. The molecule has 6 nitrogen and oxygen atoms in total. The first-order valence-electron chi connectivity index (χ1n) is 10.4. The number of hydrogen-bond acceptors (Lipinski definition) is 4. The number of carbonyl (C=O) groups is 1. The summed E-state index contributed by atoms with van der Waals surface area (Å²) >= 11 is 0. The van der Waals surface area contributed by atoms with E-state index in [1.54, 1.807) is 12.1 Å². The Morgan fingerprint density at radius 2 is 1.97 bits per heavy atom. The van der Waals surface area contributed by atoms with Crippen molar-refractivity contribution in [1.29, 1.82) is 5.26 Å². The monoisotopic (exact) mass is 423 g/mol. The average molecular weight is 423 g/mol. The number of nitrogens with one attached hydrogen (secondary N) is 1. The molecule has 0 aliphatic carbocycles. The lowest BCUT2D eigenvalue weighted by Gasteiger charge is -2.12. The van der Waals surface area contributed by atoms with Crippen molar-refractivity contribution in [2.75, 3.05) is 25.2 Å². The number of nitrogens with zero attached hydrogens (tertiary/aromatic N) is 2. The van der Waals surface area contributed by atoms with E-state index in [0.717, 1.165) is 47.3 Å². The molecule has 0 bridgehead atoms. The van der Waals surface area contributed by atoms with Crippen LogP contribution < -0.4 is 10.1 Å². The molecule has 1 N–H and O–H groups in total. The molecule has 0 radical (unpaired) electrons. The summed E-state index contributed by atoms with van der Waals surface area (Å²) in [6.07, 6.45) is 1.29. The van der Waals surface area contributed by atoms with Gasteiger partial charge in [-0.2, -0.15) is 5.26 Å². The van der Waals surface area contributed by atoms with Crippen LogP contribution in [-0.2, 0) is 11.3 Å². The highest BCUT2D eigenvalue weighted by molar-refractivity contribution is 5.95. The second kappa shape index (κ2) is 10.5. The summed E-state index contributed by atoms with van der Waals surface area (Å²) in [5.74, 6) is 0.771. The van der Waals surface area contributed by atoms with Crippen LogP contribution in [0.1, 0.15) is 32.3 Å². The standard InChI is InChI=1S/C24H26FN3O3/c1-3-5-13-28-22-15-19(30-4-2)10-11-20(22)21(16-26)23(28)17-6-8-18(9-7-17)27-24(29)31-14-12-25/h6-11,15H,3-5,12-14H2,1-2H3,(H,27,29). The molecule has 31 heavy (non-hydrogen) atoms. The molecule has 3 rings (SSSR count). The minimum absolute atomic E-state index is 0.281. The largest absolute Gasteiger partial charge is 0.494 e. The molecule has 7 heteroatoms. The van der Waals surface area contributed by atoms with E-state index in [1.165, 1.54) is 0 Å². The Morgan fingerprint density at radius 3 is 2.61 bits per heavy atom. The van der Waals surface area contributed by atoms with Gasteiger partial charge in [0.25, 0.3) is 0 Å². The number of carbonyl (C=O) groups excluding carboxylic acids is 1. The number of hydrogen-bond donors (Lipinski definition) is 1. The molecule has 1 amide bonds. The Hall–Kier alpha value is -3.53. The van der Waals surface area contributed by atoms with E-state index < -0.39 is 12.8 Å². The molecule has 0 atom stereocenters. The highest BCUT2D eigenvalue weighted by Crippen LogP contribution is 2.36. The number of ether oxygens (including phenoxy) is 2. The van der Waals surface area contributed by atoms with Crippen molar-refractivity contribution in [3.63, 3.8) is 0 Å². The Morgan fingerprint density at radius 1 is 1.19 bits per heavy atom. The minimum atomic E-state index is -0.726. The van der Waals surface area contributed by atoms with Crippen LogP contribution in [0.25, 0.3) is 22.2 Å². The third-order valence-electron chi connectivity index (χ3n) is 4.91. The number of benzene rings is 2. The number of nitriles is 1. The molecule has 2 aromatic carbocycles. The lowest BCUT2D eigenvalue weighted by Crippen LogP contribution is -2.14. The highest BCUT2D eigenvalue weighted by atomic mass is 19.1. The van der Waals surface area contributed by atoms with Gasteiger partial charge >= 0.3 is 6.09 Å². The van der Waals surface area contributed by atoms with Crippen LogP contribution in [0.2, 0.25) is 0 Å². The van der Waals surface area contributed by atoms with Gasteiger partial charge in [0.15, 0.2) is 0 Å². The topological polar surface area (TPSA) is 76.3 Å². The zero-order chi connectivity index (χ0) is 22.2. The van der Waals surface area contributed by atoms with E-state index in [1.807, 2.05) is 37.3 Å². The Bertz CT molecular complexity index is 1080. The van der Waals surface area contributed by atoms with Crippen molar-refractivity contribution < 1.29 is 18.7 Å². The Kier molecular flexibility index (Phi) is 7.50. The summed E-state index contributed by atoms with van der Waals surface area (Å²) in [6, 6.07) is 15.3. The van der Waals surface area contributed by atoms with Gasteiger partial charge in [0, 0.05) is 23.7 Å². The van der Waals surface area contributed by atoms with Gasteiger partial charge in [-0.05, 0) is 43.2 Å². The number of amides is 1. The number of alkyl halides is 1. The summed E-state index contributed by atoms with van der Waals surface area (Å²) in [5.41, 5.74) is 3.80. The summed E-state index contributed by atoms with van der Waals surface area (Å²) in [7, 11) is 0. The maximum Gasteiger partial charge on any atom is 0.411 e. The first-order valence-corrected chi connectivity index (χ1v) is 10.4. The zero-order valence-corrected chi connectivity index (χ0v) is 17.8. The van der Waals surface area contributed by atoms with Crippen molar-refractivity contribution >= 4 is 22.7 Å². The molecule has 1 heterocycles. The van der Waals surface area contributed by atoms with Gasteiger partial charge in [-0.3, -0.25) is 5.32 Å². The van der Waals surface area contributed by atoms with Crippen molar-refractivity contribution in [3.8, 4) is 23.1 Å². The SMILES string of the molecule is CCCCn1c(-c2ccc(NC(=O)OCCF)cc2)c(C#N)c2ccc(OCC)cc21. The maximum atomic E-state index is 12.1. The highest BCUT2D eigenvalue weighted by Gasteiger charge is 2.19. The van der Waals surface area contributed by atoms with Crippen LogP contribution in [0.3, 0.4) is 0 Å². The summed E-state index contributed by atoms with van der Waals surface area (Å²) in [5, 5.41) is 13.4. The minimum Gasteiger partial charge on any atom is -0.494 e. The number of fused-ring (bicyclic) bond motifs is 1. The molecule has 0 aliphatic heterocycles. The van der Waals surface area contributed by atoms with Crippen LogP contribution in [0.5, 0.6) is 5.75 Å². The van der Waals surface area contributed by atoms with Crippen molar-refractivity contribution in [2.24, 2.45) is 0 Å². The number of rotatable bonds is 9. The van der Waals surface area contributed by atoms with Crippen molar-refractivity contribution in [1.82, 2.24) is 4.57 Å². The first-order chi connectivity index (χ1) is 15.1. The third kappa shape index (κ3) is 4.97. The molecule has 1 aromatic heterocycles. The number of aryl methyl sites for hydroxylation is 1. The predicted octanol–water partition coefficient (Wildman–Crippen LogP) is 5.90. The van der Waals surface area contributed by atoms with E-state index >= 15 is 0 Å². The van der Waals surface area contributed by atoms with Gasteiger partial charge in [-0.1, -0.05) is 25.5 Å². The van der Waals surface area contributed by atoms with Crippen LogP contribution in [0.15, 0.2) is 42.5 Å². The third-order valence-corrected chi connectivity index (χ3v) is 4.91. The molecule has 0 saturated carbocycles. The molecule has 0 spiro atoms. The molecular formula is C24H26FN3O3. The number of halogens is 1. The lowest BCUT2D eigenvalue weighted by atomic mass is 10.1. The van der Waals surface area contributed by atoms with E-state index in [4.69, 9.17) is 9.47 Å². The van der Waals surface area contributed by atoms with Gasteiger partial charge < -0.3 is 14.0 Å². The molecule has 0 unspecified atom stereocenters. The van der Waals surface area contributed by atoms with Crippen LogP contribution >= 0.6 is 0 Å². The van der Waals surface area contributed by atoms with Crippen LogP contribution in [0.4, 0.5) is 14.9 Å². The summed E-state index contributed by atoms with van der Waals surface area (Å²) in [4.78, 5) is 11.6. The van der Waals surface area contributed by atoms with Crippen molar-refractivity contribution in [3.05, 3.63) is 48.0 Å². The zero-order valence-electron chi connectivity index (χ0n) is 17.8. The molecule has 0 fully saturated rings. The second-order valence-electron chi connectivity index (χ2n) is 6.98. The maximum absolute atomic E-state index is 12.1. The quantitative estimate of drug-likeness (QED) is 0.465. The van der Waals surface area contributed by atoms with Gasteiger partial charge in [0.2, 0.25) is 0 Å². The summed E-state index contributed by atoms with van der Waals surface area (Å²) < 4.78 is 24.7. The molecule has 3 aromatic rings. The smallest absolute Gasteiger partial charge is 0.411 e. The fourth-order valence-electron chi connectivity index (χ4n) is 3.54. The van der Waals surface area contributed by atoms with Crippen LogP contribution in [0, 0.1) is 11.3 Å². The fourth-order valence-corrected chi connectivity index (χ4v) is 3.54. The molecule has 162 valence electrons. The van der Waals surface area contributed by atoms with Crippen LogP contribution in [-0.4, -0.2) is 30.5 Å². The predicted molar refractivity (Wildman–Crippen MR) is 119 cm³/mol. The molecule has 0 aliphatic rings. The fraction of sp³-hybridized carbons (Fsp3) is 0.333. The van der Waals surface area contributed by atoms with E-state index in [-0.39, 0.29) is 6.61 Å². The van der Waals surface area contributed by atoms with Gasteiger partial charge in [-0.15, -0.1) is 0 Å². The van der Waals surface area contributed by atoms with Gasteiger partial charge in [-0.25, -0.2) is 9.18 Å². The van der Waals surface area contributed by atoms with E-state index in [0.29, 0.717) is 17.9 Å². The van der Waals surface area contributed by atoms with Crippen molar-refractivity contribution in [2.45, 2.75) is 33.2 Å². The number of anilines is 1. The average Bonchev–Trinajstić information content (AvgIpc) is 3.09. The lowest BCUT2D eigenvalue weighted by molar-refractivity contribution is 0.152. The van der Waals surface area contributed by atoms with Gasteiger partial charge in [0.1, 0.15) is 25.1 Å². The number of aromatic nitrogens is 1. The van der Waals surface area contributed by atoms with E-state index in [9.17, 15) is 14.4 Å². The van der Waals surface area contributed by atoms with Gasteiger partial charge in [0.05, 0.1) is 23.4 Å². The normalized spacial score (nSPS) is 10.6.